The number of rotatable bonds is 14. The minimum absolute atomic E-state index is 0.0576. The van der Waals surface area contributed by atoms with Crippen molar-refractivity contribution in [3.63, 3.8) is 0 Å². The van der Waals surface area contributed by atoms with Gasteiger partial charge < -0.3 is 25.0 Å². The Morgan fingerprint density at radius 3 is 2.44 bits per heavy atom. The number of aromatic nitrogens is 1. The molecule has 2 bridgehead atoms. The van der Waals surface area contributed by atoms with Gasteiger partial charge in [0.15, 0.2) is 23.3 Å². The second-order valence-corrected chi connectivity index (χ2v) is 14.1. The van der Waals surface area contributed by atoms with E-state index in [4.69, 9.17) is 14.5 Å². The molecule has 3 fully saturated rings. The van der Waals surface area contributed by atoms with Crippen molar-refractivity contribution in [3.8, 4) is 17.0 Å². The lowest BCUT2D eigenvalue weighted by molar-refractivity contribution is -0.136. The Kier molecular flexibility index (Phi) is 10.5. The predicted molar refractivity (Wildman–Crippen MR) is 186 cm³/mol. The topological polar surface area (TPSA) is 159 Å². The van der Waals surface area contributed by atoms with Gasteiger partial charge in [-0.05, 0) is 62.4 Å². The quantitative estimate of drug-likeness (QED) is 0.163. The number of carbonyl (C=O) groups excluding carboxylic acids is 5. The van der Waals surface area contributed by atoms with Crippen molar-refractivity contribution in [3.05, 3.63) is 58.5 Å². The number of nitrogens with one attached hydrogen (secondary N) is 3. The van der Waals surface area contributed by atoms with Crippen molar-refractivity contribution in [1.29, 1.82) is 0 Å². The van der Waals surface area contributed by atoms with Gasteiger partial charge in [0.25, 0.3) is 17.7 Å². The summed E-state index contributed by atoms with van der Waals surface area (Å²) >= 11 is 1.43. The van der Waals surface area contributed by atoms with Gasteiger partial charge in [-0.2, -0.15) is 4.39 Å². The van der Waals surface area contributed by atoms with Crippen LogP contribution in [-0.2, 0) is 19.1 Å². The maximum Gasteiger partial charge on any atom is 0.262 e. The zero-order valence-corrected chi connectivity index (χ0v) is 29.1. The molecular formula is C36H38F2N6O7S. The maximum absolute atomic E-state index is 14.9. The van der Waals surface area contributed by atoms with Gasteiger partial charge in [0, 0.05) is 36.1 Å². The Balaban J connectivity index is 0.824. The molecule has 274 valence electrons. The number of unbranched alkanes of at least 4 members (excludes halogenated alkanes) is 3. The van der Waals surface area contributed by atoms with Crippen molar-refractivity contribution < 1.29 is 42.2 Å². The fourth-order valence-corrected chi connectivity index (χ4v) is 8.12. The number of nitrogens with zero attached hydrogens (tertiary/aromatic N) is 3. The molecule has 5 amide bonds. The van der Waals surface area contributed by atoms with Crippen molar-refractivity contribution in [1.82, 2.24) is 20.5 Å². The van der Waals surface area contributed by atoms with Gasteiger partial charge in [-0.25, -0.2) is 9.37 Å². The molecule has 3 atom stereocenters. The molecule has 4 aliphatic rings. The van der Waals surface area contributed by atoms with Crippen LogP contribution in [0.25, 0.3) is 11.3 Å². The lowest BCUT2D eigenvalue weighted by Gasteiger charge is -2.34. The molecular weight excluding hydrogens is 698 g/mol. The largest absolute Gasteiger partial charge is 0.480 e. The van der Waals surface area contributed by atoms with Gasteiger partial charge >= 0.3 is 0 Å². The fourth-order valence-electron chi connectivity index (χ4n) is 7.16. The summed E-state index contributed by atoms with van der Waals surface area (Å²) < 4.78 is 40.3. The van der Waals surface area contributed by atoms with Crippen LogP contribution in [0, 0.1) is 11.6 Å². The highest BCUT2D eigenvalue weighted by atomic mass is 32.1. The number of hydrogen-bond donors (Lipinski definition) is 3. The van der Waals surface area contributed by atoms with Crippen molar-refractivity contribution in [2.75, 3.05) is 43.1 Å². The first-order valence-electron chi connectivity index (χ1n) is 17.5. The summed E-state index contributed by atoms with van der Waals surface area (Å²) in [6.45, 7) is 1.78. The molecule has 52 heavy (non-hydrogen) atoms. The molecule has 2 aromatic carbocycles. The standard InChI is InChI=1S/C36H38F2N6O7S/c37-26-10-9-24(27-19-52-36(41-27)43-21-6-7-22(43)17-50-16-21)32(31(26)38)51-18-30(46)40-14-4-2-1-3-13-39-20-5-8-23-25(15-20)35(49)44(34(23)48)28-11-12-29(45)42-33(28)47/h5,8-10,15,19,21-22,28,39H,1-4,6-7,11-14,16-18H2,(H,40,46)(H,42,45,47). The Morgan fingerprint density at radius 1 is 0.942 bits per heavy atom. The van der Waals surface area contributed by atoms with E-state index in [1.807, 2.05) is 0 Å². The van der Waals surface area contributed by atoms with Gasteiger partial charge in [0.1, 0.15) is 6.04 Å². The van der Waals surface area contributed by atoms with Crippen LogP contribution in [0.1, 0.15) is 72.1 Å². The molecule has 0 aliphatic carbocycles. The lowest BCUT2D eigenvalue weighted by Crippen LogP contribution is -2.54. The number of hydrogen-bond acceptors (Lipinski definition) is 11. The number of imide groups is 2. The predicted octanol–water partition coefficient (Wildman–Crippen LogP) is 4.02. The Morgan fingerprint density at radius 2 is 1.67 bits per heavy atom. The number of ether oxygens (including phenoxy) is 2. The number of benzene rings is 2. The molecule has 0 saturated carbocycles. The molecule has 0 spiro atoms. The summed E-state index contributed by atoms with van der Waals surface area (Å²) in [5.74, 6) is -5.24. The van der Waals surface area contributed by atoms with Crippen LogP contribution in [0.5, 0.6) is 5.75 Å². The summed E-state index contributed by atoms with van der Waals surface area (Å²) in [6.07, 6.45) is 5.37. The molecule has 3 N–H and O–H groups in total. The maximum atomic E-state index is 14.9. The van der Waals surface area contributed by atoms with Crippen molar-refractivity contribution >= 4 is 51.7 Å². The highest BCUT2D eigenvalue weighted by Gasteiger charge is 2.44. The van der Waals surface area contributed by atoms with Gasteiger partial charge in [0.2, 0.25) is 17.6 Å². The number of piperidine rings is 1. The van der Waals surface area contributed by atoms with E-state index < -0.39 is 53.8 Å². The number of morpholine rings is 1. The lowest BCUT2D eigenvalue weighted by atomic mass is 10.0. The van der Waals surface area contributed by atoms with E-state index in [1.54, 1.807) is 23.6 Å². The highest BCUT2D eigenvalue weighted by Crippen LogP contribution is 2.40. The van der Waals surface area contributed by atoms with E-state index >= 15 is 0 Å². The van der Waals surface area contributed by atoms with Gasteiger partial charge in [-0.3, -0.25) is 34.2 Å². The minimum Gasteiger partial charge on any atom is -0.480 e. The van der Waals surface area contributed by atoms with Crippen LogP contribution < -0.4 is 25.6 Å². The summed E-state index contributed by atoms with van der Waals surface area (Å²) in [5, 5.41) is 10.8. The highest BCUT2D eigenvalue weighted by molar-refractivity contribution is 7.14. The summed E-state index contributed by atoms with van der Waals surface area (Å²) in [6, 6.07) is 6.79. The Labute approximate surface area is 302 Å². The van der Waals surface area contributed by atoms with Crippen LogP contribution in [0.4, 0.5) is 19.6 Å². The zero-order chi connectivity index (χ0) is 36.4. The van der Waals surface area contributed by atoms with Crippen LogP contribution in [0.15, 0.2) is 35.7 Å². The van der Waals surface area contributed by atoms with E-state index in [0.29, 0.717) is 44.1 Å². The van der Waals surface area contributed by atoms with E-state index in [9.17, 15) is 32.8 Å². The number of anilines is 2. The molecule has 3 unspecified atom stereocenters. The normalized spacial score (nSPS) is 21.0. The molecule has 7 rings (SSSR count). The molecule has 16 heteroatoms. The van der Waals surface area contributed by atoms with E-state index in [1.165, 1.54) is 17.4 Å². The van der Waals surface area contributed by atoms with Crippen LogP contribution >= 0.6 is 11.3 Å². The first kappa shape index (κ1) is 35.4. The van der Waals surface area contributed by atoms with Gasteiger partial charge in [0.05, 0.1) is 42.1 Å². The first-order chi connectivity index (χ1) is 25.2. The van der Waals surface area contributed by atoms with E-state index in [-0.39, 0.29) is 47.4 Å². The van der Waals surface area contributed by atoms with Crippen LogP contribution in [0.3, 0.4) is 0 Å². The Bertz CT molecular complexity index is 1890. The van der Waals surface area contributed by atoms with Crippen molar-refractivity contribution in [2.24, 2.45) is 0 Å². The molecule has 5 heterocycles. The van der Waals surface area contributed by atoms with Crippen LogP contribution in [-0.4, -0.2) is 90.5 Å². The number of carbonyl (C=O) groups is 5. The van der Waals surface area contributed by atoms with Gasteiger partial charge in [-0.15, -0.1) is 11.3 Å². The third-order valence-electron chi connectivity index (χ3n) is 9.82. The molecule has 3 saturated heterocycles. The third kappa shape index (κ3) is 7.21. The minimum atomic E-state index is -1.17. The van der Waals surface area contributed by atoms with Crippen molar-refractivity contribution in [2.45, 2.75) is 69.5 Å². The second kappa shape index (κ2) is 15.3. The average molecular weight is 737 g/mol. The first-order valence-corrected chi connectivity index (χ1v) is 18.4. The molecule has 1 aromatic heterocycles. The smallest absolute Gasteiger partial charge is 0.262 e. The third-order valence-corrected chi connectivity index (χ3v) is 10.7. The monoisotopic (exact) mass is 736 g/mol. The summed E-state index contributed by atoms with van der Waals surface area (Å²) in [4.78, 5) is 70.1. The number of amides is 5. The second-order valence-electron chi connectivity index (χ2n) is 13.3. The van der Waals surface area contributed by atoms with E-state index in [0.717, 1.165) is 48.2 Å². The Hall–Kier alpha value is -4.96. The number of halogens is 2. The molecule has 0 radical (unpaired) electrons. The van der Waals surface area contributed by atoms with E-state index in [2.05, 4.69) is 20.9 Å². The molecule has 4 aliphatic heterocycles. The molecule has 3 aromatic rings. The van der Waals surface area contributed by atoms with Gasteiger partial charge in [-0.1, -0.05) is 12.8 Å². The number of fused-ring (bicyclic) bond motifs is 3. The number of thiazole rings is 1. The summed E-state index contributed by atoms with van der Waals surface area (Å²) in [5.41, 5.74) is 1.82. The zero-order valence-electron chi connectivity index (χ0n) is 28.3. The van der Waals surface area contributed by atoms with Crippen LogP contribution in [0.2, 0.25) is 0 Å². The average Bonchev–Trinajstić information content (AvgIpc) is 3.78. The summed E-state index contributed by atoms with van der Waals surface area (Å²) in [7, 11) is 0. The fraction of sp³-hybridized carbons (Fsp3) is 0.444. The molecule has 13 nitrogen and oxygen atoms in total. The SMILES string of the molecule is O=C(COc1c(-c2csc(N3C4CCC3COC4)n2)ccc(F)c1F)NCCCCCCNc1ccc2c(c1)C(=O)N(C1CCC(=O)NC1=O)C2=O.